The van der Waals surface area contributed by atoms with Gasteiger partial charge in [-0.1, -0.05) is 18.5 Å². The highest BCUT2D eigenvalue weighted by Gasteiger charge is 2.17. The highest BCUT2D eigenvalue weighted by molar-refractivity contribution is 6.30. The minimum Gasteiger partial charge on any atom is -0.311 e. The van der Waals surface area contributed by atoms with Gasteiger partial charge in [-0.25, -0.2) is 14.6 Å². The molecule has 0 unspecified atom stereocenters. The first-order valence-corrected chi connectivity index (χ1v) is 8.76. The van der Waals surface area contributed by atoms with Crippen LogP contribution in [-0.4, -0.2) is 35.4 Å². The number of hydrogen-bond donors (Lipinski definition) is 1. The molecule has 0 aliphatic carbocycles. The number of amides is 1. The average molecular weight is 382 g/mol. The largest absolute Gasteiger partial charge is 0.311 e. The summed E-state index contributed by atoms with van der Waals surface area (Å²) in [5, 5.41) is 13.1. The van der Waals surface area contributed by atoms with Crippen LogP contribution < -0.4 is 5.32 Å². The molecular formula is C18H16ClN7O. The highest BCUT2D eigenvalue weighted by Crippen LogP contribution is 2.24. The molecule has 0 bridgehead atoms. The monoisotopic (exact) mass is 381 g/mol. The summed E-state index contributed by atoms with van der Waals surface area (Å²) in [7, 11) is 0. The third kappa shape index (κ3) is 3.15. The minimum absolute atomic E-state index is 0.0988. The number of aromatic nitrogens is 6. The van der Waals surface area contributed by atoms with Crippen LogP contribution in [0.25, 0.3) is 22.5 Å². The van der Waals surface area contributed by atoms with E-state index in [1.54, 1.807) is 40.7 Å². The molecule has 0 saturated carbocycles. The fourth-order valence-electron chi connectivity index (χ4n) is 2.75. The number of benzene rings is 1. The van der Waals surface area contributed by atoms with Crippen LogP contribution in [0.4, 0.5) is 5.82 Å². The van der Waals surface area contributed by atoms with Gasteiger partial charge in [0.15, 0.2) is 11.5 Å². The normalized spacial score (nSPS) is 11.1. The summed E-state index contributed by atoms with van der Waals surface area (Å²) in [6.07, 6.45) is 3.51. The molecule has 27 heavy (non-hydrogen) atoms. The Hall–Kier alpha value is -3.26. The number of nitrogens with one attached hydrogen (secondary N) is 1. The number of nitrogens with zero attached hydrogens (tertiary/aromatic N) is 6. The lowest BCUT2D eigenvalue weighted by atomic mass is 10.3. The van der Waals surface area contributed by atoms with E-state index in [1.807, 2.05) is 19.1 Å². The number of fused-ring (bicyclic) bond motifs is 1. The summed E-state index contributed by atoms with van der Waals surface area (Å²) in [5.41, 5.74) is 2.22. The first kappa shape index (κ1) is 17.2. The van der Waals surface area contributed by atoms with E-state index in [2.05, 4.69) is 25.5 Å². The lowest BCUT2D eigenvalue weighted by Gasteiger charge is -2.08. The standard InChI is InChI=1S/C18H16ClN7O/c1-3-16(27)23-15-8-11(2)24-26(15)18-14-9-22-25(17(14)20-10-21-18)13-6-4-12(19)5-7-13/h4-10H,3H2,1-2H3,(H,23,27). The van der Waals surface area contributed by atoms with Gasteiger partial charge in [-0.05, 0) is 31.2 Å². The van der Waals surface area contributed by atoms with Crippen molar-refractivity contribution in [1.29, 1.82) is 0 Å². The summed E-state index contributed by atoms with van der Waals surface area (Å²) in [6.45, 7) is 3.65. The second kappa shape index (κ2) is 6.81. The summed E-state index contributed by atoms with van der Waals surface area (Å²) < 4.78 is 3.30. The molecule has 0 radical (unpaired) electrons. The quantitative estimate of drug-likeness (QED) is 0.585. The molecule has 8 nitrogen and oxygen atoms in total. The Bertz CT molecular complexity index is 1130. The van der Waals surface area contributed by atoms with Gasteiger partial charge >= 0.3 is 0 Å². The molecule has 1 aromatic carbocycles. The summed E-state index contributed by atoms with van der Waals surface area (Å²) in [6, 6.07) is 9.11. The van der Waals surface area contributed by atoms with E-state index in [4.69, 9.17) is 11.6 Å². The molecule has 136 valence electrons. The van der Waals surface area contributed by atoms with Crippen molar-refractivity contribution >= 4 is 34.4 Å². The maximum absolute atomic E-state index is 11.8. The Morgan fingerprint density at radius 3 is 2.70 bits per heavy atom. The molecule has 9 heteroatoms. The maximum Gasteiger partial charge on any atom is 0.225 e. The topological polar surface area (TPSA) is 90.5 Å². The fourth-order valence-corrected chi connectivity index (χ4v) is 2.88. The van der Waals surface area contributed by atoms with Gasteiger partial charge in [-0.15, -0.1) is 0 Å². The van der Waals surface area contributed by atoms with Gasteiger partial charge in [0.1, 0.15) is 12.1 Å². The zero-order valence-electron chi connectivity index (χ0n) is 14.7. The lowest BCUT2D eigenvalue weighted by Crippen LogP contribution is -2.14. The summed E-state index contributed by atoms with van der Waals surface area (Å²) in [5.74, 6) is 0.997. The zero-order chi connectivity index (χ0) is 19.0. The molecule has 0 aliphatic rings. The summed E-state index contributed by atoms with van der Waals surface area (Å²) >= 11 is 5.97. The van der Waals surface area contributed by atoms with Crippen LogP contribution in [0, 0.1) is 6.92 Å². The van der Waals surface area contributed by atoms with E-state index in [1.165, 1.54) is 6.33 Å². The van der Waals surface area contributed by atoms with Crippen molar-refractivity contribution in [2.24, 2.45) is 0 Å². The first-order valence-electron chi connectivity index (χ1n) is 8.38. The third-order valence-electron chi connectivity index (χ3n) is 4.04. The second-order valence-electron chi connectivity index (χ2n) is 5.95. The molecule has 0 aliphatic heterocycles. The van der Waals surface area contributed by atoms with E-state index >= 15 is 0 Å². The second-order valence-corrected chi connectivity index (χ2v) is 6.39. The van der Waals surface area contributed by atoms with Gasteiger partial charge in [0.2, 0.25) is 5.91 Å². The molecule has 3 heterocycles. The van der Waals surface area contributed by atoms with Crippen molar-refractivity contribution in [2.75, 3.05) is 5.32 Å². The van der Waals surface area contributed by atoms with Crippen molar-refractivity contribution in [3.63, 3.8) is 0 Å². The molecule has 4 aromatic rings. The Labute approximate surface area is 159 Å². The number of anilines is 1. The fraction of sp³-hybridized carbons (Fsp3) is 0.167. The summed E-state index contributed by atoms with van der Waals surface area (Å²) in [4.78, 5) is 20.6. The van der Waals surface area contributed by atoms with E-state index in [0.29, 0.717) is 34.1 Å². The molecule has 4 rings (SSSR count). The molecule has 0 fully saturated rings. The van der Waals surface area contributed by atoms with E-state index in [0.717, 1.165) is 11.4 Å². The third-order valence-corrected chi connectivity index (χ3v) is 4.29. The number of halogens is 1. The highest BCUT2D eigenvalue weighted by atomic mass is 35.5. The number of carbonyl (C=O) groups is 1. The van der Waals surface area contributed by atoms with Crippen LogP contribution in [0.3, 0.4) is 0 Å². The molecule has 1 N–H and O–H groups in total. The lowest BCUT2D eigenvalue weighted by molar-refractivity contribution is -0.115. The molecule has 3 aromatic heterocycles. The van der Waals surface area contributed by atoms with Gasteiger partial charge in [0.25, 0.3) is 0 Å². The molecule has 0 atom stereocenters. The Balaban J connectivity index is 1.85. The average Bonchev–Trinajstić information content (AvgIpc) is 3.25. The zero-order valence-corrected chi connectivity index (χ0v) is 15.5. The van der Waals surface area contributed by atoms with Gasteiger partial charge in [0, 0.05) is 17.5 Å². The van der Waals surface area contributed by atoms with Gasteiger partial charge in [-0.2, -0.15) is 14.9 Å². The van der Waals surface area contributed by atoms with Gasteiger partial charge < -0.3 is 5.32 Å². The molecule has 0 spiro atoms. The van der Waals surface area contributed by atoms with Crippen molar-refractivity contribution in [3.05, 3.63) is 53.6 Å². The number of hydrogen-bond acceptors (Lipinski definition) is 5. The van der Waals surface area contributed by atoms with E-state index < -0.39 is 0 Å². The van der Waals surface area contributed by atoms with Crippen LogP contribution in [0.5, 0.6) is 0 Å². The van der Waals surface area contributed by atoms with Crippen molar-refractivity contribution in [2.45, 2.75) is 20.3 Å². The molecule has 0 saturated heterocycles. The Morgan fingerprint density at radius 1 is 1.19 bits per heavy atom. The predicted molar refractivity (Wildman–Crippen MR) is 102 cm³/mol. The Kier molecular flexibility index (Phi) is 4.33. The van der Waals surface area contributed by atoms with Crippen LogP contribution in [0.15, 0.2) is 42.9 Å². The number of carbonyl (C=O) groups excluding carboxylic acids is 1. The van der Waals surface area contributed by atoms with Crippen molar-refractivity contribution < 1.29 is 4.79 Å². The van der Waals surface area contributed by atoms with E-state index in [-0.39, 0.29) is 5.91 Å². The van der Waals surface area contributed by atoms with Crippen molar-refractivity contribution in [1.82, 2.24) is 29.5 Å². The van der Waals surface area contributed by atoms with Crippen LogP contribution >= 0.6 is 11.6 Å². The van der Waals surface area contributed by atoms with Gasteiger partial charge in [-0.3, -0.25) is 4.79 Å². The number of aryl methyl sites for hydroxylation is 1. The molecular weight excluding hydrogens is 366 g/mol. The predicted octanol–water partition coefficient (Wildman–Crippen LogP) is 3.31. The minimum atomic E-state index is -0.0988. The molecule has 1 amide bonds. The number of rotatable bonds is 4. The van der Waals surface area contributed by atoms with Crippen LogP contribution in [0.2, 0.25) is 5.02 Å². The smallest absolute Gasteiger partial charge is 0.225 e. The Morgan fingerprint density at radius 2 is 1.96 bits per heavy atom. The van der Waals surface area contributed by atoms with Crippen molar-refractivity contribution in [3.8, 4) is 11.5 Å². The van der Waals surface area contributed by atoms with Gasteiger partial charge in [0.05, 0.1) is 23.0 Å². The van der Waals surface area contributed by atoms with Crippen LogP contribution in [0.1, 0.15) is 19.0 Å². The maximum atomic E-state index is 11.8. The first-order chi connectivity index (χ1) is 13.1. The van der Waals surface area contributed by atoms with Crippen LogP contribution in [-0.2, 0) is 4.79 Å². The van der Waals surface area contributed by atoms with E-state index in [9.17, 15) is 4.79 Å². The SMILES string of the molecule is CCC(=O)Nc1cc(C)nn1-c1ncnc2c1cnn2-c1ccc(Cl)cc1.